The van der Waals surface area contributed by atoms with Gasteiger partial charge in [0.2, 0.25) is 0 Å². The van der Waals surface area contributed by atoms with Crippen LogP contribution in [0.1, 0.15) is 39.6 Å². The van der Waals surface area contributed by atoms with Gasteiger partial charge >= 0.3 is 0 Å². The molecule has 39 heavy (non-hydrogen) atoms. The standard InChI is InChI=1S/C31H29ClN2O4S/c32-27-6-4-5-25(18-27)30(35)20-33-28-16-15-22-11-14-24(17-26(22)19-28)21-9-12-23(13-10-21)31(36)34-39(37,38)29-7-2-1-3-8-29/h1-14,17-18,28,30,33,35H,15-16,19-20H2,(H,34,36)/t28-,30-/m0/s1. The van der Waals surface area contributed by atoms with E-state index < -0.39 is 22.0 Å². The van der Waals surface area contributed by atoms with E-state index in [0.29, 0.717) is 11.6 Å². The van der Waals surface area contributed by atoms with Crippen molar-refractivity contribution in [3.8, 4) is 11.1 Å². The molecule has 0 fully saturated rings. The summed E-state index contributed by atoms with van der Waals surface area (Å²) in [4.78, 5) is 12.6. The van der Waals surface area contributed by atoms with Crippen molar-refractivity contribution in [3.05, 3.63) is 124 Å². The molecule has 0 radical (unpaired) electrons. The number of aryl methyl sites for hydroxylation is 1. The molecule has 200 valence electrons. The number of carbonyl (C=O) groups is 1. The van der Waals surface area contributed by atoms with E-state index in [4.69, 9.17) is 11.6 Å². The van der Waals surface area contributed by atoms with Crippen molar-refractivity contribution >= 4 is 27.5 Å². The van der Waals surface area contributed by atoms with Crippen LogP contribution in [-0.4, -0.2) is 32.0 Å². The Kier molecular flexibility index (Phi) is 8.14. The lowest BCUT2D eigenvalue weighted by atomic mass is 9.86. The topological polar surface area (TPSA) is 95.5 Å². The van der Waals surface area contributed by atoms with Crippen LogP contribution in [0.2, 0.25) is 5.02 Å². The minimum absolute atomic E-state index is 0.0378. The molecule has 0 spiro atoms. The number of nitrogens with one attached hydrogen (secondary N) is 2. The number of carbonyl (C=O) groups excluding carboxylic acids is 1. The predicted octanol–water partition coefficient (Wildman–Crippen LogP) is 5.31. The average Bonchev–Trinajstić information content (AvgIpc) is 2.96. The van der Waals surface area contributed by atoms with E-state index in [9.17, 15) is 18.3 Å². The van der Waals surface area contributed by atoms with Gasteiger partial charge < -0.3 is 10.4 Å². The Morgan fingerprint density at radius 1 is 0.897 bits per heavy atom. The maximum atomic E-state index is 12.6. The average molecular weight is 561 g/mol. The number of hydrogen-bond donors (Lipinski definition) is 3. The van der Waals surface area contributed by atoms with E-state index in [2.05, 4.69) is 28.2 Å². The van der Waals surface area contributed by atoms with Gasteiger partial charge in [-0.05, 0) is 83.5 Å². The van der Waals surface area contributed by atoms with Gasteiger partial charge in [0.05, 0.1) is 11.0 Å². The molecule has 0 aliphatic heterocycles. The fourth-order valence-electron chi connectivity index (χ4n) is 4.87. The second-order valence-electron chi connectivity index (χ2n) is 9.73. The number of aliphatic hydroxyl groups is 1. The van der Waals surface area contributed by atoms with Gasteiger partial charge in [-0.2, -0.15) is 0 Å². The van der Waals surface area contributed by atoms with Crippen LogP contribution in [0, 0.1) is 0 Å². The number of sulfonamides is 1. The number of aliphatic hydroxyl groups excluding tert-OH is 1. The van der Waals surface area contributed by atoms with Crippen molar-refractivity contribution in [2.24, 2.45) is 0 Å². The van der Waals surface area contributed by atoms with Crippen molar-refractivity contribution < 1.29 is 18.3 Å². The van der Waals surface area contributed by atoms with E-state index in [1.165, 1.54) is 23.3 Å². The maximum Gasteiger partial charge on any atom is 0.264 e. The van der Waals surface area contributed by atoms with Crippen LogP contribution >= 0.6 is 11.6 Å². The summed E-state index contributed by atoms with van der Waals surface area (Å²) in [5.41, 5.74) is 5.59. The molecule has 1 amide bonds. The molecule has 0 saturated carbocycles. The first-order chi connectivity index (χ1) is 18.8. The molecule has 5 rings (SSSR count). The van der Waals surface area contributed by atoms with Crippen molar-refractivity contribution in [1.82, 2.24) is 10.0 Å². The molecule has 3 N–H and O–H groups in total. The number of amides is 1. The molecule has 0 aromatic heterocycles. The van der Waals surface area contributed by atoms with Crippen LogP contribution in [0.4, 0.5) is 0 Å². The van der Waals surface area contributed by atoms with Crippen LogP contribution in [-0.2, 0) is 22.9 Å². The second kappa shape index (κ2) is 11.7. The van der Waals surface area contributed by atoms with Crippen molar-refractivity contribution in [2.75, 3.05) is 6.54 Å². The maximum absolute atomic E-state index is 12.6. The SMILES string of the molecule is O=C(NS(=O)(=O)c1ccccc1)c1ccc(-c2ccc3c(c2)C[C@@H](NC[C@H](O)c2cccc(Cl)c2)CC3)cc1. The highest BCUT2D eigenvalue weighted by atomic mass is 35.5. The predicted molar refractivity (Wildman–Crippen MR) is 153 cm³/mol. The van der Waals surface area contributed by atoms with E-state index in [0.717, 1.165) is 36.0 Å². The van der Waals surface area contributed by atoms with Crippen LogP contribution in [0.25, 0.3) is 11.1 Å². The van der Waals surface area contributed by atoms with Gasteiger partial charge in [-0.15, -0.1) is 0 Å². The quantitative estimate of drug-likeness (QED) is 0.271. The summed E-state index contributed by atoms with van der Waals surface area (Å²) in [6, 6.07) is 28.6. The Bertz CT molecular complexity index is 1570. The summed E-state index contributed by atoms with van der Waals surface area (Å²) in [6.07, 6.45) is 2.16. The number of hydrogen-bond acceptors (Lipinski definition) is 5. The van der Waals surface area contributed by atoms with E-state index in [1.54, 1.807) is 42.5 Å². The highest BCUT2D eigenvalue weighted by Crippen LogP contribution is 2.28. The number of benzene rings is 4. The van der Waals surface area contributed by atoms with Gasteiger partial charge in [-0.3, -0.25) is 4.79 Å². The van der Waals surface area contributed by atoms with Crippen LogP contribution in [0.3, 0.4) is 0 Å². The lowest BCUT2D eigenvalue weighted by molar-refractivity contribution is 0.0981. The summed E-state index contributed by atoms with van der Waals surface area (Å²) in [5.74, 6) is -0.676. The Morgan fingerprint density at radius 3 is 2.38 bits per heavy atom. The molecule has 8 heteroatoms. The van der Waals surface area contributed by atoms with Crippen molar-refractivity contribution in [3.63, 3.8) is 0 Å². The molecular formula is C31H29ClN2O4S. The Hall–Kier alpha value is -3.49. The zero-order valence-corrected chi connectivity index (χ0v) is 22.8. The molecule has 0 bridgehead atoms. The Morgan fingerprint density at radius 2 is 1.64 bits per heavy atom. The van der Waals surface area contributed by atoms with E-state index in [-0.39, 0.29) is 16.5 Å². The van der Waals surface area contributed by atoms with Gasteiger partial charge in [0.15, 0.2) is 0 Å². The van der Waals surface area contributed by atoms with Gasteiger partial charge in [-0.1, -0.05) is 72.3 Å². The zero-order valence-electron chi connectivity index (χ0n) is 21.2. The molecule has 4 aromatic carbocycles. The summed E-state index contributed by atoms with van der Waals surface area (Å²) < 4.78 is 27.1. The molecule has 1 aliphatic rings. The first-order valence-electron chi connectivity index (χ1n) is 12.8. The first kappa shape index (κ1) is 27.1. The molecular weight excluding hydrogens is 532 g/mol. The van der Waals surface area contributed by atoms with Crippen LogP contribution < -0.4 is 10.0 Å². The Balaban J connectivity index is 1.23. The normalized spacial score (nSPS) is 15.8. The molecule has 2 atom stereocenters. The second-order valence-corrected chi connectivity index (χ2v) is 11.8. The highest BCUT2D eigenvalue weighted by Gasteiger charge is 2.21. The minimum atomic E-state index is -3.94. The van der Waals surface area contributed by atoms with Crippen LogP contribution in [0.5, 0.6) is 0 Å². The van der Waals surface area contributed by atoms with E-state index >= 15 is 0 Å². The largest absolute Gasteiger partial charge is 0.387 e. The zero-order chi connectivity index (χ0) is 27.4. The lowest BCUT2D eigenvalue weighted by Crippen LogP contribution is -2.37. The fraction of sp³-hybridized carbons (Fsp3) is 0.194. The van der Waals surface area contributed by atoms with Gasteiger partial charge in [-0.25, -0.2) is 13.1 Å². The monoisotopic (exact) mass is 560 g/mol. The minimum Gasteiger partial charge on any atom is -0.387 e. The third kappa shape index (κ3) is 6.57. The third-order valence-electron chi connectivity index (χ3n) is 7.03. The first-order valence-corrected chi connectivity index (χ1v) is 14.7. The molecule has 0 unspecified atom stereocenters. The van der Waals surface area contributed by atoms with Crippen LogP contribution in [0.15, 0.2) is 102 Å². The van der Waals surface area contributed by atoms with Gasteiger partial charge in [0.25, 0.3) is 15.9 Å². The molecule has 0 heterocycles. The highest BCUT2D eigenvalue weighted by molar-refractivity contribution is 7.90. The third-order valence-corrected chi connectivity index (χ3v) is 8.61. The summed E-state index contributed by atoms with van der Waals surface area (Å²) >= 11 is 6.06. The van der Waals surface area contributed by atoms with Crippen molar-refractivity contribution in [2.45, 2.75) is 36.3 Å². The van der Waals surface area contributed by atoms with Gasteiger partial charge in [0.1, 0.15) is 0 Å². The number of halogens is 1. The van der Waals surface area contributed by atoms with E-state index in [1.807, 2.05) is 24.3 Å². The Labute approximate surface area is 233 Å². The number of fused-ring (bicyclic) bond motifs is 1. The fourth-order valence-corrected chi connectivity index (χ4v) is 6.07. The van der Waals surface area contributed by atoms with Crippen molar-refractivity contribution in [1.29, 1.82) is 0 Å². The molecule has 0 saturated heterocycles. The van der Waals surface area contributed by atoms with Gasteiger partial charge in [0, 0.05) is 23.2 Å². The summed E-state index contributed by atoms with van der Waals surface area (Å²) in [5, 5.41) is 14.7. The number of rotatable bonds is 8. The summed E-state index contributed by atoms with van der Waals surface area (Å²) in [7, 11) is -3.94. The smallest absolute Gasteiger partial charge is 0.264 e. The molecule has 1 aliphatic carbocycles. The summed E-state index contributed by atoms with van der Waals surface area (Å²) in [6.45, 7) is 0.448. The molecule has 4 aromatic rings. The lowest BCUT2D eigenvalue weighted by Gasteiger charge is -2.27. The molecule has 6 nitrogen and oxygen atoms in total.